The maximum Gasteiger partial charge on any atom is 0.433 e. The second-order valence-electron chi connectivity index (χ2n) is 5.36. The fourth-order valence-corrected chi connectivity index (χ4v) is 2.16. The summed E-state index contributed by atoms with van der Waals surface area (Å²) in [5.41, 5.74) is -1.06. The number of hydrogen-bond donors (Lipinski definition) is 1. The Bertz CT molecular complexity index is 531. The van der Waals surface area contributed by atoms with E-state index < -0.39 is 23.9 Å². The fourth-order valence-electron chi connectivity index (χ4n) is 2.16. The standard InChI is InChI=1S/C15H19F3N2O3/c1-10(23-9-11-5-2-3-8-22-11)14(21)20-13-7-4-6-12(19-13)15(16,17)18/h4,6-7,10-11H,2-3,5,8-9H2,1H3,(H,19,20,21)/t10-,11-/m0/s1. The highest BCUT2D eigenvalue weighted by molar-refractivity contribution is 5.93. The summed E-state index contributed by atoms with van der Waals surface area (Å²) < 4.78 is 48.6. The van der Waals surface area contributed by atoms with Gasteiger partial charge >= 0.3 is 6.18 Å². The number of alkyl halides is 3. The van der Waals surface area contributed by atoms with Crippen LogP contribution in [-0.2, 0) is 20.4 Å². The van der Waals surface area contributed by atoms with Crippen LogP contribution in [0.1, 0.15) is 31.9 Å². The minimum atomic E-state index is -4.55. The predicted molar refractivity (Wildman–Crippen MR) is 76.9 cm³/mol. The quantitative estimate of drug-likeness (QED) is 0.900. The molecule has 2 heterocycles. The number of ether oxygens (including phenoxy) is 2. The van der Waals surface area contributed by atoms with E-state index in [0.717, 1.165) is 25.3 Å². The Morgan fingerprint density at radius 3 is 2.91 bits per heavy atom. The van der Waals surface area contributed by atoms with Crippen molar-refractivity contribution in [3.8, 4) is 0 Å². The molecule has 1 fully saturated rings. The zero-order valence-electron chi connectivity index (χ0n) is 12.7. The number of pyridine rings is 1. The van der Waals surface area contributed by atoms with Crippen LogP contribution in [0.2, 0.25) is 0 Å². The lowest BCUT2D eigenvalue weighted by atomic mass is 10.1. The van der Waals surface area contributed by atoms with E-state index >= 15 is 0 Å². The molecule has 5 nitrogen and oxygen atoms in total. The third-order valence-corrected chi connectivity index (χ3v) is 3.47. The molecule has 2 atom stereocenters. The lowest BCUT2D eigenvalue weighted by molar-refractivity contribution is -0.141. The zero-order valence-corrected chi connectivity index (χ0v) is 12.7. The molecule has 1 aromatic rings. The number of hydrogen-bond acceptors (Lipinski definition) is 4. The van der Waals surface area contributed by atoms with Crippen molar-refractivity contribution in [2.75, 3.05) is 18.5 Å². The van der Waals surface area contributed by atoms with E-state index in [1.165, 1.54) is 19.1 Å². The molecule has 0 spiro atoms. The van der Waals surface area contributed by atoms with Gasteiger partial charge in [0.15, 0.2) is 0 Å². The largest absolute Gasteiger partial charge is 0.433 e. The van der Waals surface area contributed by atoms with Crippen LogP contribution in [0.5, 0.6) is 0 Å². The zero-order chi connectivity index (χ0) is 16.9. The number of amides is 1. The third-order valence-electron chi connectivity index (χ3n) is 3.47. The summed E-state index contributed by atoms with van der Waals surface area (Å²) >= 11 is 0. The van der Waals surface area contributed by atoms with Gasteiger partial charge in [0.05, 0.1) is 12.7 Å². The number of aromatic nitrogens is 1. The van der Waals surface area contributed by atoms with Crippen molar-refractivity contribution in [2.24, 2.45) is 0 Å². The van der Waals surface area contributed by atoms with Gasteiger partial charge in [-0.25, -0.2) is 4.98 Å². The van der Waals surface area contributed by atoms with Crippen molar-refractivity contribution in [1.82, 2.24) is 4.98 Å². The Kier molecular flexibility index (Phi) is 5.95. The number of nitrogens with zero attached hydrogens (tertiary/aromatic N) is 1. The molecule has 128 valence electrons. The van der Waals surface area contributed by atoms with Crippen LogP contribution in [0, 0.1) is 0 Å². The summed E-state index contributed by atoms with van der Waals surface area (Å²) in [4.78, 5) is 15.3. The second kappa shape index (κ2) is 7.74. The molecule has 8 heteroatoms. The van der Waals surface area contributed by atoms with E-state index in [1.807, 2.05) is 0 Å². The number of halogens is 3. The Hall–Kier alpha value is -1.67. The van der Waals surface area contributed by atoms with Gasteiger partial charge in [0, 0.05) is 6.61 Å². The van der Waals surface area contributed by atoms with Crippen molar-refractivity contribution >= 4 is 11.7 Å². The average Bonchev–Trinajstić information content (AvgIpc) is 2.53. The van der Waals surface area contributed by atoms with Crippen LogP contribution >= 0.6 is 0 Å². The first kappa shape index (κ1) is 17.7. The van der Waals surface area contributed by atoms with Gasteiger partial charge in [0.1, 0.15) is 17.6 Å². The van der Waals surface area contributed by atoms with Gasteiger partial charge in [-0.3, -0.25) is 4.79 Å². The predicted octanol–water partition coefficient (Wildman–Crippen LogP) is 3.01. The average molecular weight is 332 g/mol. The molecular weight excluding hydrogens is 313 g/mol. The highest BCUT2D eigenvalue weighted by atomic mass is 19.4. The van der Waals surface area contributed by atoms with Crippen molar-refractivity contribution < 1.29 is 27.4 Å². The van der Waals surface area contributed by atoms with Crippen LogP contribution in [0.15, 0.2) is 18.2 Å². The van der Waals surface area contributed by atoms with E-state index in [4.69, 9.17) is 9.47 Å². The SMILES string of the molecule is C[C@H](OC[C@@H]1CCCCO1)C(=O)Nc1cccc(C(F)(F)F)n1. The Morgan fingerprint density at radius 2 is 2.26 bits per heavy atom. The van der Waals surface area contributed by atoms with Gasteiger partial charge < -0.3 is 14.8 Å². The molecule has 2 rings (SSSR count). The monoisotopic (exact) mass is 332 g/mol. The van der Waals surface area contributed by atoms with Crippen molar-refractivity contribution in [3.05, 3.63) is 23.9 Å². The van der Waals surface area contributed by atoms with Gasteiger partial charge in [0.2, 0.25) is 0 Å². The van der Waals surface area contributed by atoms with E-state index in [1.54, 1.807) is 0 Å². The first-order valence-electron chi connectivity index (χ1n) is 7.44. The molecule has 0 aromatic carbocycles. The fraction of sp³-hybridized carbons (Fsp3) is 0.600. The van der Waals surface area contributed by atoms with Gasteiger partial charge in [-0.2, -0.15) is 13.2 Å². The highest BCUT2D eigenvalue weighted by Crippen LogP contribution is 2.28. The van der Waals surface area contributed by atoms with E-state index in [2.05, 4.69) is 10.3 Å². The normalized spacial score (nSPS) is 20.1. The summed E-state index contributed by atoms with van der Waals surface area (Å²) in [5, 5.41) is 2.33. The lowest BCUT2D eigenvalue weighted by Crippen LogP contribution is -2.33. The molecule has 1 aliphatic rings. The molecule has 0 bridgehead atoms. The summed E-state index contributed by atoms with van der Waals surface area (Å²) in [6.07, 6.45) is -2.44. The topological polar surface area (TPSA) is 60.5 Å². The summed E-state index contributed by atoms with van der Waals surface area (Å²) in [7, 11) is 0. The number of nitrogens with one attached hydrogen (secondary N) is 1. The maximum atomic E-state index is 12.6. The van der Waals surface area contributed by atoms with Gasteiger partial charge in [-0.15, -0.1) is 0 Å². The van der Waals surface area contributed by atoms with Gasteiger partial charge in [0.25, 0.3) is 5.91 Å². The lowest BCUT2D eigenvalue weighted by Gasteiger charge is -2.23. The molecule has 1 N–H and O–H groups in total. The molecule has 0 saturated carbocycles. The van der Waals surface area contributed by atoms with Gasteiger partial charge in [-0.1, -0.05) is 6.07 Å². The van der Waals surface area contributed by atoms with Crippen LogP contribution in [0.3, 0.4) is 0 Å². The third kappa shape index (κ3) is 5.47. The highest BCUT2D eigenvalue weighted by Gasteiger charge is 2.32. The number of rotatable bonds is 5. The summed E-state index contributed by atoms with van der Waals surface area (Å²) in [6, 6.07) is 3.33. The molecule has 1 saturated heterocycles. The number of anilines is 1. The van der Waals surface area contributed by atoms with Crippen molar-refractivity contribution in [2.45, 2.75) is 44.6 Å². The van der Waals surface area contributed by atoms with E-state index in [0.29, 0.717) is 6.61 Å². The maximum absolute atomic E-state index is 12.6. The van der Waals surface area contributed by atoms with E-state index in [9.17, 15) is 18.0 Å². The summed E-state index contributed by atoms with van der Waals surface area (Å²) in [5.74, 6) is -0.707. The minimum absolute atomic E-state index is 0.0364. The first-order valence-corrected chi connectivity index (χ1v) is 7.44. The Labute approximate surface area is 132 Å². The molecule has 23 heavy (non-hydrogen) atoms. The molecule has 0 aliphatic carbocycles. The number of carbonyl (C=O) groups excluding carboxylic acids is 1. The number of carbonyl (C=O) groups is 1. The molecule has 1 aliphatic heterocycles. The smallest absolute Gasteiger partial charge is 0.376 e. The first-order chi connectivity index (χ1) is 10.9. The van der Waals surface area contributed by atoms with Crippen LogP contribution in [0.25, 0.3) is 0 Å². The van der Waals surface area contributed by atoms with Crippen LogP contribution in [0.4, 0.5) is 19.0 Å². The Morgan fingerprint density at radius 1 is 1.48 bits per heavy atom. The van der Waals surface area contributed by atoms with Crippen LogP contribution in [-0.4, -0.2) is 36.3 Å². The summed E-state index contributed by atoms with van der Waals surface area (Å²) in [6.45, 7) is 2.50. The van der Waals surface area contributed by atoms with Crippen molar-refractivity contribution in [3.63, 3.8) is 0 Å². The molecule has 0 radical (unpaired) electrons. The molecule has 0 unspecified atom stereocenters. The van der Waals surface area contributed by atoms with Crippen LogP contribution < -0.4 is 5.32 Å². The second-order valence-corrected chi connectivity index (χ2v) is 5.36. The minimum Gasteiger partial charge on any atom is -0.376 e. The molecular formula is C15H19F3N2O3. The molecule has 1 aromatic heterocycles. The van der Waals surface area contributed by atoms with E-state index in [-0.39, 0.29) is 18.5 Å². The Balaban J connectivity index is 1.85. The molecule has 1 amide bonds. The van der Waals surface area contributed by atoms with Gasteiger partial charge in [-0.05, 0) is 38.3 Å². The van der Waals surface area contributed by atoms with Crippen molar-refractivity contribution in [1.29, 1.82) is 0 Å².